The lowest BCUT2D eigenvalue weighted by atomic mass is 10.1. The second-order valence-corrected chi connectivity index (χ2v) is 7.31. The second kappa shape index (κ2) is 6.44. The summed E-state index contributed by atoms with van der Waals surface area (Å²) in [6, 6.07) is 6.90. The first-order chi connectivity index (χ1) is 12.2. The summed E-state index contributed by atoms with van der Waals surface area (Å²) in [5.74, 6) is 0.149. The number of fused-ring (bicyclic) bond motifs is 3. The summed E-state index contributed by atoms with van der Waals surface area (Å²) in [5, 5.41) is 0.761. The molecule has 0 radical (unpaired) electrons. The van der Waals surface area contributed by atoms with E-state index < -0.39 is 0 Å². The molecule has 0 spiro atoms. The number of H-pyrrole nitrogens is 1. The van der Waals surface area contributed by atoms with Gasteiger partial charge in [-0.3, -0.25) is 4.79 Å². The zero-order valence-corrected chi connectivity index (χ0v) is 14.7. The van der Waals surface area contributed by atoms with E-state index in [2.05, 4.69) is 9.97 Å². The molecule has 3 aromatic rings. The fraction of sp³-hybridized carbons (Fsp3) is 0.316. The van der Waals surface area contributed by atoms with Gasteiger partial charge < -0.3 is 9.72 Å². The molecule has 0 bridgehead atoms. The van der Waals surface area contributed by atoms with Crippen LogP contribution >= 0.6 is 11.3 Å². The third kappa shape index (κ3) is 2.87. The first-order valence-corrected chi connectivity index (χ1v) is 9.22. The molecule has 2 aromatic heterocycles. The number of aryl methyl sites for hydroxylation is 2. The van der Waals surface area contributed by atoms with Gasteiger partial charge in [0, 0.05) is 10.4 Å². The largest absolute Gasteiger partial charge is 0.465 e. The van der Waals surface area contributed by atoms with Crippen LogP contribution in [0.1, 0.15) is 40.1 Å². The van der Waals surface area contributed by atoms with Crippen LogP contribution < -0.4 is 5.56 Å². The summed E-state index contributed by atoms with van der Waals surface area (Å²) in [7, 11) is 1.35. The number of nitrogens with one attached hydrogen (secondary N) is 1. The highest BCUT2D eigenvalue weighted by Crippen LogP contribution is 2.33. The molecular formula is C19H18N2O3S. The van der Waals surface area contributed by atoms with E-state index in [1.807, 2.05) is 0 Å². The van der Waals surface area contributed by atoms with Crippen LogP contribution in [-0.4, -0.2) is 23.0 Å². The number of rotatable bonds is 2. The topological polar surface area (TPSA) is 72.0 Å². The monoisotopic (exact) mass is 354 g/mol. The molecule has 1 aromatic carbocycles. The first kappa shape index (κ1) is 16.0. The molecular weight excluding hydrogens is 336 g/mol. The van der Waals surface area contributed by atoms with Crippen LogP contribution in [0.2, 0.25) is 0 Å². The van der Waals surface area contributed by atoms with E-state index in [4.69, 9.17) is 4.74 Å². The van der Waals surface area contributed by atoms with Crippen molar-refractivity contribution < 1.29 is 9.53 Å². The van der Waals surface area contributed by atoms with Crippen LogP contribution in [0.4, 0.5) is 0 Å². The smallest absolute Gasteiger partial charge is 0.337 e. The fourth-order valence-corrected chi connectivity index (χ4v) is 4.62. The van der Waals surface area contributed by atoms with Gasteiger partial charge in [-0.05, 0) is 43.4 Å². The number of methoxy groups -OCH3 is 1. The fourth-order valence-electron chi connectivity index (χ4n) is 3.36. The number of hydrogen-bond acceptors (Lipinski definition) is 5. The highest BCUT2D eigenvalue weighted by atomic mass is 32.1. The van der Waals surface area contributed by atoms with Crippen molar-refractivity contribution in [3.63, 3.8) is 0 Å². The van der Waals surface area contributed by atoms with Gasteiger partial charge in [0.25, 0.3) is 5.56 Å². The Kier molecular flexibility index (Phi) is 4.13. The highest BCUT2D eigenvalue weighted by Gasteiger charge is 2.19. The predicted molar refractivity (Wildman–Crippen MR) is 98.3 cm³/mol. The lowest BCUT2D eigenvalue weighted by molar-refractivity contribution is 0.0601. The van der Waals surface area contributed by atoms with Crippen LogP contribution in [0.25, 0.3) is 21.6 Å². The Morgan fingerprint density at radius 2 is 1.92 bits per heavy atom. The maximum Gasteiger partial charge on any atom is 0.337 e. The molecule has 2 heterocycles. The number of thiophene rings is 1. The zero-order chi connectivity index (χ0) is 17.4. The number of hydrogen-bond donors (Lipinski definition) is 1. The molecule has 1 N–H and O–H groups in total. The minimum Gasteiger partial charge on any atom is -0.465 e. The normalized spacial score (nSPS) is 14.1. The van der Waals surface area contributed by atoms with E-state index in [1.165, 1.54) is 30.4 Å². The SMILES string of the molecule is COC(=O)c1ccc(-c2nc3sc4c(c3c(=O)[nH]2)CCCCC4)cc1. The second-order valence-electron chi connectivity index (χ2n) is 6.23. The molecule has 5 nitrogen and oxygen atoms in total. The lowest BCUT2D eigenvalue weighted by Crippen LogP contribution is -2.10. The molecule has 0 saturated carbocycles. The van der Waals surface area contributed by atoms with Gasteiger partial charge in [-0.2, -0.15) is 0 Å². The summed E-state index contributed by atoms with van der Waals surface area (Å²) < 4.78 is 4.70. The third-order valence-corrected chi connectivity index (χ3v) is 5.84. The minimum absolute atomic E-state index is 0.0727. The quantitative estimate of drug-likeness (QED) is 0.562. The van der Waals surface area contributed by atoms with Gasteiger partial charge in [0.2, 0.25) is 0 Å². The van der Waals surface area contributed by atoms with Gasteiger partial charge in [-0.15, -0.1) is 11.3 Å². The van der Waals surface area contributed by atoms with Crippen molar-refractivity contribution in [2.45, 2.75) is 32.1 Å². The molecule has 0 aliphatic heterocycles. The maximum absolute atomic E-state index is 12.7. The van der Waals surface area contributed by atoms with Crippen molar-refractivity contribution in [2.75, 3.05) is 7.11 Å². The van der Waals surface area contributed by atoms with E-state index in [9.17, 15) is 9.59 Å². The Morgan fingerprint density at radius 3 is 2.68 bits per heavy atom. The molecule has 25 heavy (non-hydrogen) atoms. The summed E-state index contributed by atoms with van der Waals surface area (Å²) in [6.45, 7) is 0. The standard InChI is InChI=1S/C19H18N2O3S/c1-24-19(23)12-9-7-11(8-10-12)16-20-17(22)15-13-5-3-2-4-6-14(13)25-18(15)21-16/h7-10H,2-6H2,1H3,(H,20,21,22). The number of carbonyl (C=O) groups is 1. The van der Waals surface area contributed by atoms with E-state index >= 15 is 0 Å². The van der Waals surface area contributed by atoms with E-state index in [0.29, 0.717) is 11.4 Å². The summed E-state index contributed by atoms with van der Waals surface area (Å²) in [5.41, 5.74) is 2.36. The van der Waals surface area contributed by atoms with Gasteiger partial charge in [-0.1, -0.05) is 18.6 Å². The average molecular weight is 354 g/mol. The van der Waals surface area contributed by atoms with Crippen LogP contribution in [-0.2, 0) is 17.6 Å². The van der Waals surface area contributed by atoms with Crippen molar-refractivity contribution in [1.82, 2.24) is 9.97 Å². The average Bonchev–Trinajstić information content (AvgIpc) is 2.83. The van der Waals surface area contributed by atoms with Crippen LogP contribution in [0.5, 0.6) is 0 Å². The molecule has 0 unspecified atom stereocenters. The number of carbonyl (C=O) groups excluding carboxylic acids is 1. The van der Waals surface area contributed by atoms with Crippen LogP contribution in [0.15, 0.2) is 29.1 Å². The number of nitrogens with zero attached hydrogens (tertiary/aromatic N) is 1. The van der Waals surface area contributed by atoms with Gasteiger partial charge in [-0.25, -0.2) is 9.78 Å². The molecule has 0 saturated heterocycles. The Labute approximate surface area is 148 Å². The van der Waals surface area contributed by atoms with E-state index in [0.717, 1.165) is 35.0 Å². The van der Waals surface area contributed by atoms with Gasteiger partial charge in [0.1, 0.15) is 10.7 Å². The molecule has 0 fully saturated rings. The molecule has 6 heteroatoms. The number of aromatic nitrogens is 2. The van der Waals surface area contributed by atoms with Gasteiger partial charge >= 0.3 is 5.97 Å². The highest BCUT2D eigenvalue weighted by molar-refractivity contribution is 7.18. The van der Waals surface area contributed by atoms with Crippen LogP contribution in [0, 0.1) is 0 Å². The van der Waals surface area contributed by atoms with Crippen molar-refractivity contribution in [2.24, 2.45) is 0 Å². The Morgan fingerprint density at radius 1 is 1.16 bits per heavy atom. The lowest BCUT2D eigenvalue weighted by Gasteiger charge is -2.04. The van der Waals surface area contributed by atoms with Crippen molar-refractivity contribution in [1.29, 1.82) is 0 Å². The third-order valence-electron chi connectivity index (χ3n) is 4.65. The summed E-state index contributed by atoms with van der Waals surface area (Å²) in [6.07, 6.45) is 5.54. The predicted octanol–water partition coefficient (Wildman–Crippen LogP) is 3.71. The number of aromatic amines is 1. The molecule has 1 aliphatic rings. The summed E-state index contributed by atoms with van der Waals surface area (Å²) in [4.78, 5) is 33.9. The Hall–Kier alpha value is -2.47. The molecule has 0 atom stereocenters. The van der Waals surface area contributed by atoms with Crippen LogP contribution in [0.3, 0.4) is 0 Å². The molecule has 1 aliphatic carbocycles. The van der Waals surface area contributed by atoms with E-state index in [1.54, 1.807) is 35.6 Å². The van der Waals surface area contributed by atoms with Crippen molar-refractivity contribution in [3.05, 3.63) is 50.6 Å². The molecule has 0 amide bonds. The van der Waals surface area contributed by atoms with Crippen molar-refractivity contribution >= 4 is 27.5 Å². The number of benzene rings is 1. The molecule has 128 valence electrons. The summed E-state index contributed by atoms with van der Waals surface area (Å²) >= 11 is 1.64. The van der Waals surface area contributed by atoms with Crippen molar-refractivity contribution in [3.8, 4) is 11.4 Å². The van der Waals surface area contributed by atoms with Gasteiger partial charge in [0.15, 0.2) is 0 Å². The minimum atomic E-state index is -0.384. The first-order valence-electron chi connectivity index (χ1n) is 8.40. The number of ether oxygens (including phenoxy) is 1. The van der Waals surface area contributed by atoms with Gasteiger partial charge in [0.05, 0.1) is 18.1 Å². The van der Waals surface area contributed by atoms with E-state index in [-0.39, 0.29) is 11.5 Å². The Balaban J connectivity index is 1.79. The zero-order valence-electron chi connectivity index (χ0n) is 13.9. The maximum atomic E-state index is 12.7. The Bertz CT molecular complexity index is 1000. The molecule has 4 rings (SSSR count). The number of esters is 1.